The van der Waals surface area contributed by atoms with Crippen molar-refractivity contribution in [3.05, 3.63) is 95.0 Å². The molecule has 32 heavy (non-hydrogen) atoms. The molecule has 0 saturated heterocycles. The SMILES string of the molecule is O=C(C=Cc1ccccc1)Nc1ccc(S(=O)(=O)Nc2ccc(Cl)c(C(F)(F)F)c2)cc1. The van der Waals surface area contributed by atoms with Crippen molar-refractivity contribution in [2.24, 2.45) is 0 Å². The van der Waals surface area contributed by atoms with Crippen molar-refractivity contribution in [1.29, 1.82) is 0 Å². The molecule has 5 nitrogen and oxygen atoms in total. The molecule has 0 unspecified atom stereocenters. The zero-order valence-electron chi connectivity index (χ0n) is 16.2. The third kappa shape index (κ3) is 6.12. The zero-order chi connectivity index (χ0) is 23.4. The fourth-order valence-electron chi connectivity index (χ4n) is 2.66. The summed E-state index contributed by atoms with van der Waals surface area (Å²) in [5.74, 6) is -0.413. The van der Waals surface area contributed by atoms with Crippen LogP contribution in [0.2, 0.25) is 5.02 Å². The summed E-state index contributed by atoms with van der Waals surface area (Å²) in [7, 11) is -4.17. The number of hydrogen-bond donors (Lipinski definition) is 2. The molecule has 0 radical (unpaired) electrons. The lowest BCUT2D eigenvalue weighted by Gasteiger charge is -2.13. The third-order valence-corrected chi connectivity index (χ3v) is 5.91. The van der Waals surface area contributed by atoms with Gasteiger partial charge >= 0.3 is 6.18 Å². The van der Waals surface area contributed by atoms with Gasteiger partial charge in [-0.05, 0) is 54.1 Å². The quantitative estimate of drug-likeness (QED) is 0.437. The number of amides is 1. The van der Waals surface area contributed by atoms with E-state index in [1.807, 2.05) is 30.3 Å². The molecule has 0 aliphatic carbocycles. The first-order chi connectivity index (χ1) is 15.0. The Morgan fingerprint density at radius 3 is 2.16 bits per heavy atom. The molecule has 0 fully saturated rings. The number of sulfonamides is 1. The van der Waals surface area contributed by atoms with Gasteiger partial charge in [0.2, 0.25) is 5.91 Å². The minimum Gasteiger partial charge on any atom is -0.323 e. The molecular weight excluding hydrogens is 465 g/mol. The number of nitrogens with one attached hydrogen (secondary N) is 2. The van der Waals surface area contributed by atoms with Crippen molar-refractivity contribution < 1.29 is 26.4 Å². The Labute approximate surface area is 187 Å². The van der Waals surface area contributed by atoms with Gasteiger partial charge in [-0.2, -0.15) is 13.2 Å². The molecule has 0 spiro atoms. The summed E-state index contributed by atoms with van der Waals surface area (Å²) < 4.78 is 66.1. The molecule has 3 aromatic carbocycles. The molecule has 3 aromatic rings. The van der Waals surface area contributed by atoms with Gasteiger partial charge in [0.25, 0.3) is 10.0 Å². The maximum Gasteiger partial charge on any atom is 0.417 e. The van der Waals surface area contributed by atoms with Crippen LogP contribution in [-0.2, 0) is 21.0 Å². The van der Waals surface area contributed by atoms with Crippen LogP contribution in [0.1, 0.15) is 11.1 Å². The molecule has 0 atom stereocenters. The van der Waals surface area contributed by atoms with E-state index < -0.39 is 32.7 Å². The molecule has 0 heterocycles. The average molecular weight is 481 g/mol. The van der Waals surface area contributed by atoms with Gasteiger partial charge in [-0.25, -0.2) is 8.42 Å². The topological polar surface area (TPSA) is 75.3 Å². The Bertz CT molecular complexity index is 1240. The van der Waals surface area contributed by atoms with E-state index in [1.165, 1.54) is 30.3 Å². The van der Waals surface area contributed by atoms with Gasteiger partial charge < -0.3 is 5.32 Å². The van der Waals surface area contributed by atoms with Gasteiger partial charge in [-0.15, -0.1) is 0 Å². The lowest BCUT2D eigenvalue weighted by atomic mass is 10.2. The van der Waals surface area contributed by atoms with Crippen LogP contribution in [0.3, 0.4) is 0 Å². The first-order valence-electron chi connectivity index (χ1n) is 9.08. The highest BCUT2D eigenvalue weighted by Gasteiger charge is 2.33. The molecule has 0 aliphatic rings. The Kier molecular flexibility index (Phi) is 6.90. The van der Waals surface area contributed by atoms with E-state index in [2.05, 4.69) is 10.0 Å². The first-order valence-corrected chi connectivity index (χ1v) is 10.9. The van der Waals surface area contributed by atoms with Gasteiger partial charge in [-0.1, -0.05) is 41.9 Å². The predicted octanol–water partition coefficient (Wildman–Crippen LogP) is 5.81. The Balaban J connectivity index is 1.70. The van der Waals surface area contributed by atoms with Crippen molar-refractivity contribution in [1.82, 2.24) is 0 Å². The number of halogens is 4. The van der Waals surface area contributed by atoms with Gasteiger partial charge in [0.1, 0.15) is 0 Å². The van der Waals surface area contributed by atoms with Crippen molar-refractivity contribution in [3.63, 3.8) is 0 Å². The van der Waals surface area contributed by atoms with Gasteiger partial charge in [0, 0.05) is 17.5 Å². The van der Waals surface area contributed by atoms with Crippen LogP contribution in [0.15, 0.2) is 83.8 Å². The van der Waals surface area contributed by atoms with E-state index in [4.69, 9.17) is 11.6 Å². The van der Waals surface area contributed by atoms with Crippen LogP contribution >= 0.6 is 11.6 Å². The van der Waals surface area contributed by atoms with Crippen molar-refractivity contribution in [2.75, 3.05) is 10.0 Å². The lowest BCUT2D eigenvalue weighted by molar-refractivity contribution is -0.137. The predicted molar refractivity (Wildman–Crippen MR) is 118 cm³/mol. The van der Waals surface area contributed by atoms with Crippen LogP contribution in [-0.4, -0.2) is 14.3 Å². The largest absolute Gasteiger partial charge is 0.417 e. The van der Waals surface area contributed by atoms with E-state index >= 15 is 0 Å². The van der Waals surface area contributed by atoms with E-state index in [0.29, 0.717) is 11.8 Å². The number of anilines is 2. The van der Waals surface area contributed by atoms with Crippen molar-refractivity contribution in [2.45, 2.75) is 11.1 Å². The van der Waals surface area contributed by atoms with Gasteiger partial charge in [0.15, 0.2) is 0 Å². The highest BCUT2D eigenvalue weighted by atomic mass is 35.5. The number of hydrogen-bond acceptors (Lipinski definition) is 3. The maximum absolute atomic E-state index is 13.0. The van der Waals surface area contributed by atoms with E-state index in [0.717, 1.165) is 17.7 Å². The molecule has 0 aromatic heterocycles. The molecule has 1 amide bonds. The van der Waals surface area contributed by atoms with Crippen molar-refractivity contribution >= 4 is 45.0 Å². The van der Waals surface area contributed by atoms with Crippen LogP contribution in [0.5, 0.6) is 0 Å². The summed E-state index contributed by atoms with van der Waals surface area (Å²) in [5, 5.41) is 2.05. The van der Waals surface area contributed by atoms with Gasteiger partial charge in [0.05, 0.1) is 15.5 Å². The summed E-state index contributed by atoms with van der Waals surface area (Å²) in [6.07, 6.45) is -1.77. The van der Waals surface area contributed by atoms with E-state index in [9.17, 15) is 26.4 Å². The molecule has 3 rings (SSSR count). The summed E-state index contributed by atoms with van der Waals surface area (Å²) in [6.45, 7) is 0. The van der Waals surface area contributed by atoms with E-state index in [-0.39, 0.29) is 10.6 Å². The summed E-state index contributed by atoms with van der Waals surface area (Å²) >= 11 is 5.55. The number of carbonyl (C=O) groups excluding carboxylic acids is 1. The van der Waals surface area contributed by atoms with Crippen LogP contribution in [0.25, 0.3) is 6.08 Å². The Morgan fingerprint density at radius 1 is 0.906 bits per heavy atom. The highest BCUT2D eigenvalue weighted by molar-refractivity contribution is 7.92. The van der Waals surface area contributed by atoms with Crippen LogP contribution < -0.4 is 10.0 Å². The second-order valence-electron chi connectivity index (χ2n) is 6.56. The lowest BCUT2D eigenvalue weighted by Crippen LogP contribution is -2.14. The second-order valence-corrected chi connectivity index (χ2v) is 8.65. The summed E-state index contributed by atoms with van der Waals surface area (Å²) in [6, 6.07) is 17.1. The molecule has 10 heteroatoms. The standard InChI is InChI=1S/C22H16ClF3N2O3S/c23-20-12-9-17(14-19(20)22(24,25)26)28-32(30,31)18-10-7-16(8-11-18)27-21(29)13-6-15-4-2-1-3-5-15/h1-14,28H,(H,27,29). The number of carbonyl (C=O) groups is 1. The summed E-state index contributed by atoms with van der Waals surface area (Å²) in [5.41, 5.74) is -0.255. The minimum absolute atomic E-state index is 0.196. The number of rotatable bonds is 6. The second kappa shape index (κ2) is 9.46. The smallest absolute Gasteiger partial charge is 0.323 e. The molecule has 0 bridgehead atoms. The normalized spacial score (nSPS) is 12.0. The zero-order valence-corrected chi connectivity index (χ0v) is 17.8. The van der Waals surface area contributed by atoms with Crippen LogP contribution in [0.4, 0.5) is 24.5 Å². The van der Waals surface area contributed by atoms with Crippen molar-refractivity contribution in [3.8, 4) is 0 Å². The Morgan fingerprint density at radius 2 is 1.53 bits per heavy atom. The molecular formula is C22H16ClF3N2O3S. The number of alkyl halides is 3. The number of benzene rings is 3. The molecule has 2 N–H and O–H groups in total. The van der Waals surface area contributed by atoms with Gasteiger partial charge in [-0.3, -0.25) is 9.52 Å². The maximum atomic E-state index is 13.0. The minimum atomic E-state index is -4.73. The molecule has 166 valence electrons. The fraction of sp³-hybridized carbons (Fsp3) is 0.0455. The monoisotopic (exact) mass is 480 g/mol. The highest BCUT2D eigenvalue weighted by Crippen LogP contribution is 2.36. The molecule has 0 saturated carbocycles. The third-order valence-electron chi connectivity index (χ3n) is 4.18. The van der Waals surface area contributed by atoms with Crippen LogP contribution in [0, 0.1) is 0 Å². The van der Waals surface area contributed by atoms with E-state index in [1.54, 1.807) is 6.08 Å². The average Bonchev–Trinajstić information content (AvgIpc) is 2.74. The first kappa shape index (κ1) is 23.4. The molecule has 0 aliphatic heterocycles. The summed E-state index contributed by atoms with van der Waals surface area (Å²) in [4.78, 5) is 11.8. The Hall–Kier alpha value is -3.30. The fourth-order valence-corrected chi connectivity index (χ4v) is 3.93.